The van der Waals surface area contributed by atoms with Crippen molar-refractivity contribution < 1.29 is 4.79 Å². The fourth-order valence-electron chi connectivity index (χ4n) is 2.28. The molecule has 0 heterocycles. The molecular formula is C10H12O. The van der Waals surface area contributed by atoms with Gasteiger partial charge in [-0.15, -0.1) is 0 Å². The van der Waals surface area contributed by atoms with Crippen LogP contribution in [0.3, 0.4) is 0 Å². The van der Waals surface area contributed by atoms with Crippen molar-refractivity contribution in [2.45, 2.75) is 13.8 Å². The lowest BCUT2D eigenvalue weighted by molar-refractivity contribution is -0.109. The predicted molar refractivity (Wildman–Crippen MR) is 44.0 cm³/mol. The highest BCUT2D eigenvalue weighted by Gasteiger charge is 2.68. The summed E-state index contributed by atoms with van der Waals surface area (Å²) >= 11 is 0. The summed E-state index contributed by atoms with van der Waals surface area (Å²) in [4.78, 5) is 10.7. The Balaban J connectivity index is 2.39. The lowest BCUT2D eigenvalue weighted by Gasteiger charge is -2.05. The van der Waals surface area contributed by atoms with Crippen molar-refractivity contribution in [2.75, 3.05) is 0 Å². The van der Waals surface area contributed by atoms with Crippen LogP contribution in [0.5, 0.6) is 0 Å². The maximum absolute atomic E-state index is 10.7. The van der Waals surface area contributed by atoms with Crippen LogP contribution in [-0.4, -0.2) is 6.29 Å². The third-order valence-electron chi connectivity index (χ3n) is 3.32. The molecule has 0 saturated heterocycles. The molecule has 1 fully saturated rings. The molecule has 0 aromatic rings. The van der Waals surface area contributed by atoms with Crippen molar-refractivity contribution in [3.63, 3.8) is 0 Å². The largest absolute Gasteiger partial charge is 0.303 e. The Morgan fingerprint density at radius 3 is 2.18 bits per heavy atom. The molecule has 2 aliphatic rings. The van der Waals surface area contributed by atoms with Gasteiger partial charge >= 0.3 is 0 Å². The van der Waals surface area contributed by atoms with E-state index in [4.69, 9.17) is 0 Å². The normalized spacial score (nSPS) is 34.5. The molecule has 2 aliphatic carbocycles. The van der Waals surface area contributed by atoms with Crippen molar-refractivity contribution in [2.24, 2.45) is 16.7 Å². The van der Waals surface area contributed by atoms with E-state index in [1.54, 1.807) is 0 Å². The summed E-state index contributed by atoms with van der Waals surface area (Å²) < 4.78 is 0. The fourth-order valence-corrected chi connectivity index (χ4v) is 2.28. The van der Waals surface area contributed by atoms with Crippen LogP contribution >= 0.6 is 0 Å². The molecule has 1 heteroatoms. The third kappa shape index (κ3) is 0.550. The monoisotopic (exact) mass is 148 g/mol. The van der Waals surface area contributed by atoms with Crippen LogP contribution in [0, 0.1) is 16.7 Å². The molecule has 1 nitrogen and oxygen atoms in total. The number of carbonyl (C=O) groups excluding carboxylic acids is 1. The Kier molecular flexibility index (Phi) is 1.03. The van der Waals surface area contributed by atoms with Crippen LogP contribution < -0.4 is 0 Å². The molecule has 11 heavy (non-hydrogen) atoms. The molecule has 1 spiro atoms. The van der Waals surface area contributed by atoms with Gasteiger partial charge in [0.05, 0.1) is 0 Å². The van der Waals surface area contributed by atoms with Gasteiger partial charge in [0.25, 0.3) is 0 Å². The molecule has 58 valence electrons. The third-order valence-corrected chi connectivity index (χ3v) is 3.32. The summed E-state index contributed by atoms with van der Waals surface area (Å²) in [6.07, 6.45) is 9.44. The highest BCUT2D eigenvalue weighted by molar-refractivity contribution is 5.68. The van der Waals surface area contributed by atoms with E-state index in [0.717, 1.165) is 6.29 Å². The van der Waals surface area contributed by atoms with Gasteiger partial charge in [0.15, 0.2) is 0 Å². The number of carbonyl (C=O) groups is 1. The minimum Gasteiger partial charge on any atom is -0.303 e. The second-order valence-electron chi connectivity index (χ2n) is 3.99. The molecule has 0 unspecified atom stereocenters. The van der Waals surface area contributed by atoms with Gasteiger partial charge in [0.1, 0.15) is 6.29 Å². The number of allylic oxidation sites excluding steroid dienone is 4. The molecule has 0 bridgehead atoms. The summed E-state index contributed by atoms with van der Waals surface area (Å²) in [5, 5.41) is 0. The highest BCUT2D eigenvalue weighted by atomic mass is 16.1. The Morgan fingerprint density at radius 2 is 1.82 bits per heavy atom. The van der Waals surface area contributed by atoms with E-state index in [0.29, 0.717) is 0 Å². The Morgan fingerprint density at radius 1 is 1.27 bits per heavy atom. The quantitative estimate of drug-likeness (QED) is 0.519. The van der Waals surface area contributed by atoms with E-state index >= 15 is 0 Å². The second-order valence-corrected chi connectivity index (χ2v) is 3.99. The van der Waals surface area contributed by atoms with Gasteiger partial charge in [-0.2, -0.15) is 0 Å². The molecular weight excluding hydrogens is 136 g/mol. The van der Waals surface area contributed by atoms with Crippen molar-refractivity contribution in [1.82, 2.24) is 0 Å². The van der Waals surface area contributed by atoms with Crippen molar-refractivity contribution in [1.29, 1.82) is 0 Å². The number of aldehydes is 1. The molecule has 2 rings (SSSR count). The molecule has 0 aliphatic heterocycles. The van der Waals surface area contributed by atoms with E-state index in [-0.39, 0.29) is 16.7 Å². The standard InChI is InChI=1S/C10H12O/c1-9(2)8(7-11)10(9)5-3-4-6-10/h3-8H,1-2H3/t8-/m1/s1. The summed E-state index contributed by atoms with van der Waals surface area (Å²) in [5.41, 5.74) is 0.229. The maximum Gasteiger partial charge on any atom is 0.124 e. The zero-order valence-electron chi connectivity index (χ0n) is 6.87. The van der Waals surface area contributed by atoms with Crippen molar-refractivity contribution >= 4 is 6.29 Å². The molecule has 0 amide bonds. The van der Waals surface area contributed by atoms with Gasteiger partial charge in [-0.3, -0.25) is 0 Å². The fraction of sp³-hybridized carbons (Fsp3) is 0.500. The first kappa shape index (κ1) is 6.84. The average Bonchev–Trinajstić information content (AvgIpc) is 2.36. The Labute approximate surface area is 66.8 Å². The number of rotatable bonds is 1. The van der Waals surface area contributed by atoms with Crippen LogP contribution in [0.1, 0.15) is 13.8 Å². The number of hydrogen-bond acceptors (Lipinski definition) is 1. The first-order valence-corrected chi connectivity index (χ1v) is 3.97. The van der Waals surface area contributed by atoms with Crippen molar-refractivity contribution in [3.8, 4) is 0 Å². The van der Waals surface area contributed by atoms with E-state index in [9.17, 15) is 4.79 Å². The van der Waals surface area contributed by atoms with Crippen LogP contribution in [0.4, 0.5) is 0 Å². The zero-order valence-corrected chi connectivity index (χ0v) is 6.87. The second kappa shape index (κ2) is 1.66. The van der Waals surface area contributed by atoms with Gasteiger partial charge in [-0.25, -0.2) is 0 Å². The molecule has 0 aromatic heterocycles. The van der Waals surface area contributed by atoms with Gasteiger partial charge in [0.2, 0.25) is 0 Å². The van der Waals surface area contributed by atoms with Crippen molar-refractivity contribution in [3.05, 3.63) is 24.3 Å². The average molecular weight is 148 g/mol. The minimum absolute atomic E-state index is 0.0781. The van der Waals surface area contributed by atoms with Crippen LogP contribution in [0.15, 0.2) is 24.3 Å². The van der Waals surface area contributed by atoms with Gasteiger partial charge in [-0.1, -0.05) is 38.2 Å². The lowest BCUT2D eigenvalue weighted by Crippen LogP contribution is -1.98. The maximum atomic E-state index is 10.7. The Hall–Kier alpha value is -0.850. The topological polar surface area (TPSA) is 17.1 Å². The van der Waals surface area contributed by atoms with E-state index in [1.165, 1.54) is 0 Å². The van der Waals surface area contributed by atoms with E-state index in [2.05, 4.69) is 26.0 Å². The van der Waals surface area contributed by atoms with Crippen LogP contribution in [-0.2, 0) is 4.79 Å². The molecule has 1 saturated carbocycles. The minimum atomic E-state index is 0.0781. The summed E-state index contributed by atoms with van der Waals surface area (Å²) in [5.74, 6) is 0.199. The van der Waals surface area contributed by atoms with E-state index in [1.807, 2.05) is 12.2 Å². The smallest absolute Gasteiger partial charge is 0.124 e. The van der Waals surface area contributed by atoms with Crippen LogP contribution in [0.2, 0.25) is 0 Å². The van der Waals surface area contributed by atoms with Gasteiger partial charge in [-0.05, 0) is 5.41 Å². The summed E-state index contributed by atoms with van der Waals surface area (Å²) in [6, 6.07) is 0. The molecule has 0 radical (unpaired) electrons. The highest BCUT2D eigenvalue weighted by Crippen LogP contribution is 2.70. The first-order valence-electron chi connectivity index (χ1n) is 3.97. The first-order chi connectivity index (χ1) is 5.15. The Bertz CT molecular complexity index is 246. The summed E-state index contributed by atoms with van der Waals surface area (Å²) in [6.45, 7) is 4.29. The van der Waals surface area contributed by atoms with Gasteiger partial charge in [0, 0.05) is 11.3 Å². The predicted octanol–water partition coefficient (Wildman–Crippen LogP) is 1.95. The zero-order chi connectivity index (χ0) is 8.11. The molecule has 0 N–H and O–H groups in total. The number of hydrogen-bond donors (Lipinski definition) is 0. The molecule has 0 aromatic carbocycles. The molecule has 1 atom stereocenters. The summed E-state index contributed by atoms with van der Waals surface area (Å²) in [7, 11) is 0. The lowest BCUT2D eigenvalue weighted by atomic mass is 9.98. The SMILES string of the molecule is CC1(C)[C@@H](C=O)C12C=CC=C2. The van der Waals surface area contributed by atoms with Crippen LogP contribution in [0.25, 0.3) is 0 Å². The van der Waals surface area contributed by atoms with Gasteiger partial charge < -0.3 is 4.79 Å². The van der Waals surface area contributed by atoms with E-state index < -0.39 is 0 Å².